The molecule has 1 fully saturated rings. The molecule has 2 aromatic carbocycles. The Morgan fingerprint density at radius 3 is 2.56 bits per heavy atom. The monoisotopic (exact) mass is 362 g/mol. The van der Waals surface area contributed by atoms with Crippen molar-refractivity contribution in [1.29, 1.82) is 0 Å². The fraction of sp³-hybridized carbons (Fsp3) is 0.400. The van der Waals surface area contributed by atoms with Gasteiger partial charge in [0.25, 0.3) is 0 Å². The number of aliphatic hydroxyl groups excluding tert-OH is 1. The lowest BCUT2D eigenvalue weighted by Crippen LogP contribution is -2.59. The van der Waals surface area contributed by atoms with Gasteiger partial charge in [-0.1, -0.05) is 48.0 Å². The molecule has 0 saturated carbocycles. The third-order valence-electron chi connectivity index (χ3n) is 5.27. The van der Waals surface area contributed by atoms with Crippen molar-refractivity contribution in [1.82, 2.24) is 9.80 Å². The molecule has 0 unspecified atom stereocenters. The Labute approximate surface area is 153 Å². The molecule has 2 aromatic rings. The van der Waals surface area contributed by atoms with Gasteiger partial charge >= 0.3 is 0 Å². The van der Waals surface area contributed by atoms with Crippen LogP contribution >= 0.6 is 11.6 Å². The summed E-state index contributed by atoms with van der Waals surface area (Å²) in [5.74, 6) is -0.297. The molecule has 1 saturated heterocycles. The number of aliphatic hydroxyl groups is 1. The van der Waals surface area contributed by atoms with Gasteiger partial charge in [0.1, 0.15) is 5.82 Å². The summed E-state index contributed by atoms with van der Waals surface area (Å²) in [6.07, 6.45) is 0.217. The summed E-state index contributed by atoms with van der Waals surface area (Å²) in [6, 6.07) is 14.9. The maximum atomic E-state index is 14.1. The number of rotatable bonds is 4. The number of hydrogen-bond donors (Lipinski definition) is 1. The third kappa shape index (κ3) is 3.58. The molecule has 0 aliphatic carbocycles. The molecule has 134 valence electrons. The molecule has 1 aliphatic rings. The second-order valence-corrected chi connectivity index (χ2v) is 7.36. The minimum absolute atomic E-state index is 0.297. The summed E-state index contributed by atoms with van der Waals surface area (Å²) in [7, 11) is 4.01. The molecule has 0 radical (unpaired) electrons. The molecule has 1 aliphatic heterocycles. The van der Waals surface area contributed by atoms with Gasteiger partial charge in [-0.05, 0) is 38.2 Å². The number of hydrogen-bond acceptors (Lipinski definition) is 3. The second kappa shape index (κ2) is 7.42. The lowest BCUT2D eigenvalue weighted by Gasteiger charge is -2.50. The standard InChI is InChI=1S/C20H24ClFN2O/c1-23(2)20(16-6-4-3-5-7-16)10-11-24(14-19(20)25)13-15-8-9-17(21)12-18(15)22/h3-9,12,19,25H,10-11,13-14H2,1-2H3/t19-,20+/m1/s1. The molecule has 1 N–H and O–H groups in total. The fourth-order valence-corrected chi connectivity index (χ4v) is 4.02. The molecular formula is C20H24ClFN2O. The van der Waals surface area contributed by atoms with Crippen LogP contribution in [-0.2, 0) is 12.1 Å². The van der Waals surface area contributed by atoms with Crippen molar-refractivity contribution in [3.63, 3.8) is 0 Å². The van der Waals surface area contributed by atoms with Gasteiger partial charge in [-0.3, -0.25) is 9.80 Å². The topological polar surface area (TPSA) is 26.7 Å². The van der Waals surface area contributed by atoms with Crippen LogP contribution < -0.4 is 0 Å². The first-order valence-corrected chi connectivity index (χ1v) is 8.88. The number of likely N-dealkylation sites (N-methyl/N-ethyl adjacent to an activating group) is 1. The second-order valence-electron chi connectivity index (χ2n) is 6.92. The minimum Gasteiger partial charge on any atom is -0.389 e. The normalized spacial score (nSPS) is 24.6. The van der Waals surface area contributed by atoms with E-state index in [0.717, 1.165) is 18.5 Å². The van der Waals surface area contributed by atoms with Crippen LogP contribution in [0.2, 0.25) is 5.02 Å². The summed E-state index contributed by atoms with van der Waals surface area (Å²) >= 11 is 5.82. The van der Waals surface area contributed by atoms with Crippen LogP contribution in [0.25, 0.3) is 0 Å². The van der Waals surface area contributed by atoms with Crippen LogP contribution in [-0.4, -0.2) is 48.2 Å². The SMILES string of the molecule is CN(C)[C@]1(c2ccccc2)CCN(Cc2ccc(Cl)cc2F)C[C@H]1O. The van der Waals surface area contributed by atoms with E-state index in [-0.39, 0.29) is 5.82 Å². The highest BCUT2D eigenvalue weighted by Gasteiger charge is 2.45. The highest BCUT2D eigenvalue weighted by Crippen LogP contribution is 2.38. The number of halogens is 2. The third-order valence-corrected chi connectivity index (χ3v) is 5.51. The van der Waals surface area contributed by atoms with Gasteiger partial charge in [-0.2, -0.15) is 0 Å². The molecular weight excluding hydrogens is 339 g/mol. The van der Waals surface area contributed by atoms with E-state index < -0.39 is 11.6 Å². The van der Waals surface area contributed by atoms with Crippen molar-refractivity contribution in [2.45, 2.75) is 24.6 Å². The Balaban J connectivity index is 1.79. The van der Waals surface area contributed by atoms with Crippen molar-refractivity contribution < 1.29 is 9.50 Å². The molecule has 1 heterocycles. The van der Waals surface area contributed by atoms with Crippen LogP contribution in [0.15, 0.2) is 48.5 Å². The Morgan fingerprint density at radius 1 is 1.24 bits per heavy atom. The highest BCUT2D eigenvalue weighted by molar-refractivity contribution is 6.30. The van der Waals surface area contributed by atoms with Crippen LogP contribution in [0.4, 0.5) is 4.39 Å². The molecule has 5 heteroatoms. The number of benzene rings is 2. The number of β-amino-alcohol motifs (C(OH)–C–C–N with tert-alkyl or cyclic N) is 1. The molecule has 0 bridgehead atoms. The quantitative estimate of drug-likeness (QED) is 0.901. The van der Waals surface area contributed by atoms with E-state index in [9.17, 15) is 9.50 Å². The first-order valence-electron chi connectivity index (χ1n) is 8.51. The highest BCUT2D eigenvalue weighted by atomic mass is 35.5. The summed E-state index contributed by atoms with van der Waals surface area (Å²) in [5.41, 5.74) is 1.30. The van der Waals surface area contributed by atoms with Crippen LogP contribution in [0, 0.1) is 5.82 Å². The molecule has 3 nitrogen and oxygen atoms in total. The summed E-state index contributed by atoms with van der Waals surface area (Å²) in [4.78, 5) is 4.20. The summed E-state index contributed by atoms with van der Waals surface area (Å²) in [6.45, 7) is 1.75. The van der Waals surface area contributed by atoms with Crippen molar-refractivity contribution in [3.05, 3.63) is 70.5 Å². The zero-order valence-electron chi connectivity index (χ0n) is 14.6. The van der Waals surface area contributed by atoms with E-state index in [1.54, 1.807) is 12.1 Å². The summed E-state index contributed by atoms with van der Waals surface area (Å²) < 4.78 is 14.1. The van der Waals surface area contributed by atoms with E-state index in [1.165, 1.54) is 6.07 Å². The van der Waals surface area contributed by atoms with E-state index in [2.05, 4.69) is 21.9 Å². The predicted molar refractivity (Wildman–Crippen MR) is 99.1 cm³/mol. The molecule has 0 aromatic heterocycles. The molecule has 0 spiro atoms. The lowest BCUT2D eigenvalue weighted by molar-refractivity contribution is -0.0704. The van der Waals surface area contributed by atoms with E-state index >= 15 is 0 Å². The van der Waals surface area contributed by atoms with Crippen molar-refractivity contribution in [3.8, 4) is 0 Å². The lowest BCUT2D eigenvalue weighted by atomic mass is 9.77. The number of piperidine rings is 1. The Hall–Kier alpha value is -1.46. The van der Waals surface area contributed by atoms with Crippen molar-refractivity contribution in [2.24, 2.45) is 0 Å². The Morgan fingerprint density at radius 2 is 1.96 bits per heavy atom. The molecule has 2 atom stereocenters. The number of nitrogens with zero attached hydrogens (tertiary/aromatic N) is 2. The van der Waals surface area contributed by atoms with Crippen molar-refractivity contribution in [2.75, 3.05) is 27.2 Å². The fourth-order valence-electron chi connectivity index (χ4n) is 3.86. The van der Waals surface area contributed by atoms with E-state index in [4.69, 9.17) is 11.6 Å². The maximum Gasteiger partial charge on any atom is 0.129 e. The van der Waals surface area contributed by atoms with Gasteiger partial charge in [0.2, 0.25) is 0 Å². The van der Waals surface area contributed by atoms with Gasteiger partial charge in [0.15, 0.2) is 0 Å². The van der Waals surface area contributed by atoms with Gasteiger partial charge in [-0.15, -0.1) is 0 Å². The largest absolute Gasteiger partial charge is 0.389 e. The maximum absolute atomic E-state index is 14.1. The average molecular weight is 363 g/mol. The predicted octanol–water partition coefficient (Wildman–Crippen LogP) is 3.50. The average Bonchev–Trinajstić information content (AvgIpc) is 2.58. The zero-order valence-corrected chi connectivity index (χ0v) is 15.4. The van der Waals surface area contributed by atoms with Gasteiger partial charge in [0.05, 0.1) is 11.6 Å². The van der Waals surface area contributed by atoms with E-state index in [1.807, 2.05) is 32.3 Å². The van der Waals surface area contributed by atoms with Gasteiger partial charge in [0, 0.05) is 30.2 Å². The van der Waals surface area contributed by atoms with Crippen LogP contribution in [0.1, 0.15) is 17.5 Å². The summed E-state index contributed by atoms with van der Waals surface area (Å²) in [5, 5.41) is 11.4. The van der Waals surface area contributed by atoms with Gasteiger partial charge < -0.3 is 5.11 Å². The van der Waals surface area contributed by atoms with E-state index in [0.29, 0.717) is 23.7 Å². The minimum atomic E-state index is -0.561. The first kappa shape index (κ1) is 18.3. The van der Waals surface area contributed by atoms with Crippen LogP contribution in [0.5, 0.6) is 0 Å². The number of likely N-dealkylation sites (tertiary alicyclic amines) is 1. The molecule has 3 rings (SSSR count). The smallest absolute Gasteiger partial charge is 0.129 e. The Bertz CT molecular complexity index is 725. The molecule has 25 heavy (non-hydrogen) atoms. The zero-order chi connectivity index (χ0) is 18.0. The van der Waals surface area contributed by atoms with Gasteiger partial charge in [-0.25, -0.2) is 4.39 Å². The Kier molecular flexibility index (Phi) is 5.44. The molecule has 0 amide bonds. The van der Waals surface area contributed by atoms with Crippen LogP contribution in [0.3, 0.4) is 0 Å². The van der Waals surface area contributed by atoms with Crippen molar-refractivity contribution >= 4 is 11.6 Å². The first-order chi connectivity index (χ1) is 11.9.